The van der Waals surface area contributed by atoms with Crippen LogP contribution in [-0.4, -0.2) is 24.2 Å². The first-order chi connectivity index (χ1) is 8.94. The van der Waals surface area contributed by atoms with Crippen molar-refractivity contribution in [1.29, 1.82) is 0 Å². The Kier molecular flexibility index (Phi) is 6.03. The normalized spacial score (nSPS) is 11.4. The summed E-state index contributed by atoms with van der Waals surface area (Å²) in [5.41, 5.74) is 2.41. The SMILES string of the molecule is Cc1ccccc1CCC(=O)NCC(C)(C)CCO. The molecule has 0 saturated carbocycles. The predicted octanol–water partition coefficient (Wildman–Crippen LogP) is 2.45. The summed E-state index contributed by atoms with van der Waals surface area (Å²) in [6, 6.07) is 8.15. The van der Waals surface area contributed by atoms with Crippen LogP contribution in [0.2, 0.25) is 0 Å². The average Bonchev–Trinajstić information content (AvgIpc) is 2.35. The topological polar surface area (TPSA) is 49.3 Å². The second-order valence-electron chi connectivity index (χ2n) is 5.84. The molecule has 0 spiro atoms. The first-order valence-electron chi connectivity index (χ1n) is 6.87. The molecule has 1 amide bonds. The van der Waals surface area contributed by atoms with Crippen molar-refractivity contribution in [1.82, 2.24) is 5.32 Å². The Morgan fingerprint density at radius 3 is 2.63 bits per heavy atom. The fourth-order valence-electron chi connectivity index (χ4n) is 1.96. The summed E-state index contributed by atoms with van der Waals surface area (Å²) < 4.78 is 0. The highest BCUT2D eigenvalue weighted by Gasteiger charge is 2.17. The molecule has 0 radical (unpaired) electrons. The molecule has 1 rings (SSSR count). The Morgan fingerprint density at radius 1 is 1.32 bits per heavy atom. The largest absolute Gasteiger partial charge is 0.396 e. The minimum Gasteiger partial charge on any atom is -0.396 e. The highest BCUT2D eigenvalue weighted by Crippen LogP contribution is 2.18. The van der Waals surface area contributed by atoms with Crippen molar-refractivity contribution in [2.75, 3.05) is 13.2 Å². The summed E-state index contributed by atoms with van der Waals surface area (Å²) in [7, 11) is 0. The van der Waals surface area contributed by atoms with E-state index in [0.717, 1.165) is 6.42 Å². The molecule has 0 unspecified atom stereocenters. The van der Waals surface area contributed by atoms with Gasteiger partial charge in [0.15, 0.2) is 0 Å². The lowest BCUT2D eigenvalue weighted by atomic mass is 9.89. The maximum absolute atomic E-state index is 11.8. The Bertz CT molecular complexity index is 413. The number of carbonyl (C=O) groups is 1. The summed E-state index contributed by atoms with van der Waals surface area (Å²) in [6.45, 7) is 6.93. The number of amides is 1. The van der Waals surface area contributed by atoms with Crippen LogP contribution in [0.3, 0.4) is 0 Å². The molecule has 0 fully saturated rings. The Balaban J connectivity index is 2.35. The van der Waals surface area contributed by atoms with E-state index in [1.54, 1.807) is 0 Å². The van der Waals surface area contributed by atoms with Crippen molar-refractivity contribution in [3.8, 4) is 0 Å². The first-order valence-corrected chi connectivity index (χ1v) is 6.87. The van der Waals surface area contributed by atoms with Crippen LogP contribution in [0.5, 0.6) is 0 Å². The Morgan fingerprint density at radius 2 is 2.00 bits per heavy atom. The fourth-order valence-corrected chi connectivity index (χ4v) is 1.96. The zero-order valence-corrected chi connectivity index (χ0v) is 12.2. The molecule has 0 heterocycles. The standard InChI is InChI=1S/C16H25NO2/c1-13-6-4-5-7-14(13)8-9-15(19)17-12-16(2,3)10-11-18/h4-7,18H,8-12H2,1-3H3,(H,17,19). The summed E-state index contributed by atoms with van der Waals surface area (Å²) in [5.74, 6) is 0.0780. The third kappa shape index (κ3) is 5.88. The number of rotatable bonds is 7. The molecule has 0 saturated heterocycles. The fraction of sp³-hybridized carbons (Fsp3) is 0.562. The molecule has 1 aromatic rings. The van der Waals surface area contributed by atoms with Crippen molar-refractivity contribution >= 4 is 5.91 Å². The third-order valence-electron chi connectivity index (χ3n) is 3.44. The molecule has 0 aliphatic heterocycles. The van der Waals surface area contributed by atoms with Gasteiger partial charge >= 0.3 is 0 Å². The van der Waals surface area contributed by atoms with E-state index < -0.39 is 0 Å². The van der Waals surface area contributed by atoms with Gasteiger partial charge in [-0.2, -0.15) is 0 Å². The maximum Gasteiger partial charge on any atom is 0.220 e. The van der Waals surface area contributed by atoms with E-state index >= 15 is 0 Å². The van der Waals surface area contributed by atoms with E-state index in [1.165, 1.54) is 11.1 Å². The van der Waals surface area contributed by atoms with E-state index in [4.69, 9.17) is 5.11 Å². The van der Waals surface area contributed by atoms with Crippen LogP contribution in [0.4, 0.5) is 0 Å². The first kappa shape index (κ1) is 15.7. The molecule has 0 aromatic heterocycles. The molecule has 0 aliphatic rings. The molecule has 0 atom stereocenters. The van der Waals surface area contributed by atoms with Gasteiger partial charge in [0.2, 0.25) is 5.91 Å². The van der Waals surface area contributed by atoms with Gasteiger partial charge in [-0.05, 0) is 36.3 Å². The smallest absolute Gasteiger partial charge is 0.220 e. The average molecular weight is 263 g/mol. The summed E-state index contributed by atoms with van der Waals surface area (Å²) in [4.78, 5) is 11.8. The lowest BCUT2D eigenvalue weighted by Gasteiger charge is -2.23. The van der Waals surface area contributed by atoms with Gasteiger partial charge in [0.05, 0.1) is 0 Å². The zero-order valence-electron chi connectivity index (χ0n) is 12.2. The number of aryl methyl sites for hydroxylation is 2. The van der Waals surface area contributed by atoms with Crippen molar-refractivity contribution < 1.29 is 9.90 Å². The van der Waals surface area contributed by atoms with Crippen LogP contribution >= 0.6 is 0 Å². The number of hydrogen-bond donors (Lipinski definition) is 2. The zero-order chi connectivity index (χ0) is 14.3. The molecule has 0 bridgehead atoms. The molecular formula is C16H25NO2. The molecule has 0 aliphatic carbocycles. The van der Waals surface area contributed by atoms with Gasteiger partial charge in [-0.3, -0.25) is 4.79 Å². The number of aliphatic hydroxyl groups is 1. The summed E-state index contributed by atoms with van der Waals surface area (Å²) in [6.07, 6.45) is 1.99. The third-order valence-corrected chi connectivity index (χ3v) is 3.44. The van der Waals surface area contributed by atoms with Crippen LogP contribution in [0.25, 0.3) is 0 Å². The van der Waals surface area contributed by atoms with E-state index in [9.17, 15) is 4.79 Å². The van der Waals surface area contributed by atoms with Crippen LogP contribution in [0, 0.1) is 12.3 Å². The van der Waals surface area contributed by atoms with E-state index in [0.29, 0.717) is 19.4 Å². The molecule has 2 N–H and O–H groups in total. The highest BCUT2D eigenvalue weighted by atomic mass is 16.3. The van der Waals surface area contributed by atoms with Crippen LogP contribution in [0.15, 0.2) is 24.3 Å². The maximum atomic E-state index is 11.8. The number of carbonyl (C=O) groups excluding carboxylic acids is 1. The molecule has 1 aromatic carbocycles. The minimum atomic E-state index is -0.0485. The van der Waals surface area contributed by atoms with Crippen LogP contribution in [-0.2, 0) is 11.2 Å². The van der Waals surface area contributed by atoms with Crippen molar-refractivity contribution in [2.24, 2.45) is 5.41 Å². The predicted molar refractivity (Wildman–Crippen MR) is 78.0 cm³/mol. The van der Waals surface area contributed by atoms with Gasteiger partial charge in [0.25, 0.3) is 0 Å². The van der Waals surface area contributed by atoms with Gasteiger partial charge in [0.1, 0.15) is 0 Å². The number of benzene rings is 1. The molecule has 3 nitrogen and oxygen atoms in total. The molecule has 19 heavy (non-hydrogen) atoms. The van der Waals surface area contributed by atoms with E-state index in [1.807, 2.05) is 26.0 Å². The van der Waals surface area contributed by atoms with Gasteiger partial charge in [-0.15, -0.1) is 0 Å². The van der Waals surface area contributed by atoms with Gasteiger partial charge in [-0.1, -0.05) is 38.1 Å². The molecule has 3 heteroatoms. The number of aliphatic hydroxyl groups excluding tert-OH is 1. The van der Waals surface area contributed by atoms with Crippen molar-refractivity contribution in [3.63, 3.8) is 0 Å². The van der Waals surface area contributed by atoms with Gasteiger partial charge in [-0.25, -0.2) is 0 Å². The Labute approximate surface area is 116 Å². The minimum absolute atomic E-state index is 0.0485. The van der Waals surface area contributed by atoms with E-state index in [-0.39, 0.29) is 17.9 Å². The van der Waals surface area contributed by atoms with Crippen LogP contribution < -0.4 is 5.32 Å². The molecular weight excluding hydrogens is 238 g/mol. The monoisotopic (exact) mass is 263 g/mol. The summed E-state index contributed by atoms with van der Waals surface area (Å²) >= 11 is 0. The second-order valence-corrected chi connectivity index (χ2v) is 5.84. The number of nitrogens with one attached hydrogen (secondary N) is 1. The van der Waals surface area contributed by atoms with Crippen molar-refractivity contribution in [3.05, 3.63) is 35.4 Å². The van der Waals surface area contributed by atoms with Gasteiger partial charge in [0, 0.05) is 19.6 Å². The quantitative estimate of drug-likeness (QED) is 0.794. The summed E-state index contributed by atoms with van der Waals surface area (Å²) in [5, 5.41) is 11.9. The molecule has 106 valence electrons. The highest BCUT2D eigenvalue weighted by molar-refractivity contribution is 5.76. The Hall–Kier alpha value is -1.35. The van der Waals surface area contributed by atoms with Gasteiger partial charge < -0.3 is 10.4 Å². The lowest BCUT2D eigenvalue weighted by Crippen LogP contribution is -2.34. The van der Waals surface area contributed by atoms with E-state index in [2.05, 4.69) is 24.4 Å². The number of hydrogen-bond acceptors (Lipinski definition) is 2. The van der Waals surface area contributed by atoms with Crippen molar-refractivity contribution in [2.45, 2.75) is 40.0 Å². The van der Waals surface area contributed by atoms with Crippen LogP contribution in [0.1, 0.15) is 37.8 Å². The lowest BCUT2D eigenvalue weighted by molar-refractivity contribution is -0.121. The second kappa shape index (κ2) is 7.29.